The number of carbonyl (C=O) groups excluding carboxylic acids is 2. The molecule has 0 aromatic carbocycles. The number of ether oxygens (including phenoxy) is 2. The number of aryl methyl sites for hydroxylation is 1. The van der Waals surface area contributed by atoms with E-state index in [0.717, 1.165) is 51.6 Å². The predicted octanol–water partition coefficient (Wildman–Crippen LogP) is 1.53. The van der Waals surface area contributed by atoms with Gasteiger partial charge in [0, 0.05) is 26.1 Å². The van der Waals surface area contributed by atoms with Crippen molar-refractivity contribution in [1.29, 1.82) is 0 Å². The zero-order chi connectivity index (χ0) is 28.2. The Hall–Kier alpha value is -3.03. The van der Waals surface area contributed by atoms with Gasteiger partial charge in [0.2, 0.25) is 0 Å². The van der Waals surface area contributed by atoms with E-state index in [0.29, 0.717) is 48.4 Å². The topological polar surface area (TPSA) is 178 Å². The van der Waals surface area contributed by atoms with Gasteiger partial charge >= 0.3 is 6.09 Å². The molecule has 2 saturated heterocycles. The van der Waals surface area contributed by atoms with Gasteiger partial charge in [0.1, 0.15) is 23.5 Å². The highest BCUT2D eigenvalue weighted by Crippen LogP contribution is 2.33. The molecule has 2 aromatic rings. The van der Waals surface area contributed by atoms with E-state index in [1.807, 2.05) is 4.90 Å². The molecule has 3 aliphatic rings. The van der Waals surface area contributed by atoms with Crippen LogP contribution in [0.3, 0.4) is 0 Å². The number of likely N-dealkylation sites (N-methyl/N-ethyl adjacent to an activating group) is 1. The van der Waals surface area contributed by atoms with Gasteiger partial charge in [-0.3, -0.25) is 9.36 Å². The van der Waals surface area contributed by atoms with Crippen LogP contribution in [-0.2, 0) is 20.7 Å². The molecule has 1 aliphatic carbocycles. The fraction of sp³-hybridized carbons (Fsp3) is 0.741. The van der Waals surface area contributed by atoms with Gasteiger partial charge in [0.15, 0.2) is 23.8 Å². The first-order chi connectivity index (χ1) is 19.4. The Kier molecular flexibility index (Phi) is 9.01. The summed E-state index contributed by atoms with van der Waals surface area (Å²) in [6, 6.07) is 0. The van der Waals surface area contributed by atoms with Gasteiger partial charge < -0.3 is 35.6 Å². The number of carbonyl (C=O) groups is 2. The smallest absolute Gasteiger partial charge is 0.409 e. The molecule has 0 radical (unpaired) electrons. The molecule has 3 fully saturated rings. The number of rotatable bonds is 9. The van der Waals surface area contributed by atoms with Crippen LogP contribution >= 0.6 is 0 Å². The van der Waals surface area contributed by atoms with Gasteiger partial charge in [-0.2, -0.15) is 0 Å². The molecule has 40 heavy (non-hydrogen) atoms. The second-order valence-electron chi connectivity index (χ2n) is 11.2. The number of amides is 2. The molecular weight excluding hydrogens is 518 g/mol. The summed E-state index contributed by atoms with van der Waals surface area (Å²) in [6.07, 6.45) is 5.38. The SMILES string of the molecule is CCNC(=O)[C@H]1O[C@@H](n2cnc3c(N)nc(CCCC4CCN(C(=O)OCC5CCCC5)CC4)nc32)[C@@H](O)C1O. The average Bonchev–Trinajstić information content (AvgIpc) is 3.68. The average molecular weight is 560 g/mol. The first-order valence-electron chi connectivity index (χ1n) is 14.6. The van der Waals surface area contributed by atoms with Gasteiger partial charge in [-0.25, -0.2) is 19.7 Å². The second kappa shape index (κ2) is 12.6. The summed E-state index contributed by atoms with van der Waals surface area (Å²) in [5, 5.41) is 23.6. The maximum absolute atomic E-state index is 12.4. The molecule has 0 bridgehead atoms. The monoisotopic (exact) mass is 559 g/mol. The van der Waals surface area contributed by atoms with Crippen molar-refractivity contribution in [3.8, 4) is 0 Å². The molecule has 2 aromatic heterocycles. The van der Waals surface area contributed by atoms with E-state index < -0.39 is 30.4 Å². The second-order valence-corrected chi connectivity index (χ2v) is 11.2. The molecule has 1 saturated carbocycles. The lowest BCUT2D eigenvalue weighted by Gasteiger charge is -2.31. The molecule has 13 heteroatoms. The molecule has 13 nitrogen and oxygen atoms in total. The molecule has 4 heterocycles. The minimum Gasteiger partial charge on any atom is -0.449 e. The molecule has 5 rings (SSSR count). The van der Waals surface area contributed by atoms with E-state index >= 15 is 0 Å². The van der Waals surface area contributed by atoms with E-state index in [4.69, 9.17) is 15.2 Å². The highest BCUT2D eigenvalue weighted by molar-refractivity contribution is 5.83. The summed E-state index contributed by atoms with van der Waals surface area (Å²) in [4.78, 5) is 39.9. The molecule has 1 unspecified atom stereocenters. The summed E-state index contributed by atoms with van der Waals surface area (Å²) in [5.74, 6) is 1.31. The number of fused-ring (bicyclic) bond motifs is 1. The summed E-state index contributed by atoms with van der Waals surface area (Å²) in [5.41, 5.74) is 6.91. The van der Waals surface area contributed by atoms with Gasteiger partial charge in [-0.15, -0.1) is 0 Å². The van der Waals surface area contributed by atoms with Crippen LogP contribution in [0, 0.1) is 11.8 Å². The number of hydrogen-bond acceptors (Lipinski definition) is 10. The number of aromatic nitrogens is 4. The normalized spacial score (nSPS) is 26.0. The number of aliphatic hydroxyl groups is 2. The van der Waals surface area contributed by atoms with Crippen LogP contribution in [0.15, 0.2) is 6.33 Å². The summed E-state index contributed by atoms with van der Waals surface area (Å²) in [7, 11) is 0. The zero-order valence-corrected chi connectivity index (χ0v) is 23.1. The number of imidazole rings is 1. The fourth-order valence-corrected chi connectivity index (χ4v) is 6.07. The number of aliphatic hydroxyl groups excluding tert-OH is 2. The third-order valence-electron chi connectivity index (χ3n) is 8.42. The van der Waals surface area contributed by atoms with Gasteiger partial charge in [-0.1, -0.05) is 12.8 Å². The minimum atomic E-state index is -1.40. The number of hydrogen-bond donors (Lipinski definition) is 4. The maximum atomic E-state index is 12.4. The van der Waals surface area contributed by atoms with Gasteiger partial charge in [-0.05, 0) is 57.3 Å². The fourth-order valence-electron chi connectivity index (χ4n) is 6.07. The number of nitrogens with one attached hydrogen (secondary N) is 1. The lowest BCUT2D eigenvalue weighted by Crippen LogP contribution is -2.42. The Morgan fingerprint density at radius 2 is 1.88 bits per heavy atom. The van der Waals surface area contributed by atoms with Gasteiger partial charge in [0.05, 0.1) is 12.9 Å². The Balaban J connectivity index is 1.14. The van der Waals surface area contributed by atoms with Crippen LogP contribution in [-0.4, -0.2) is 91.2 Å². The van der Waals surface area contributed by atoms with Crippen molar-refractivity contribution in [2.45, 2.75) is 89.3 Å². The standard InChI is InChI=1S/C27H41N7O6/c1-2-29-25(37)22-20(35)21(36)26(40-22)34-15-30-19-23(28)31-18(32-24(19)34)9-5-8-16-10-12-33(13-11-16)27(38)39-14-17-6-3-4-7-17/h15-17,20-22,26,35-36H,2-14H2,1H3,(H,29,37)(H2,28,31,32)/t20?,21-,22-,26+/m0/s1. The number of anilines is 1. The molecule has 0 spiro atoms. The molecule has 2 aliphatic heterocycles. The van der Waals surface area contributed by atoms with Crippen molar-refractivity contribution in [3.63, 3.8) is 0 Å². The predicted molar refractivity (Wildman–Crippen MR) is 145 cm³/mol. The van der Waals surface area contributed by atoms with Gasteiger partial charge in [0.25, 0.3) is 5.91 Å². The van der Waals surface area contributed by atoms with E-state index in [-0.39, 0.29) is 11.9 Å². The first-order valence-corrected chi connectivity index (χ1v) is 14.6. The van der Waals surface area contributed by atoms with Crippen molar-refractivity contribution in [1.82, 2.24) is 29.7 Å². The Morgan fingerprint density at radius 1 is 1.12 bits per heavy atom. The van der Waals surface area contributed by atoms with E-state index in [1.165, 1.54) is 23.7 Å². The number of piperidine rings is 1. The van der Waals surface area contributed by atoms with Crippen LogP contribution in [0.1, 0.15) is 70.3 Å². The highest BCUT2D eigenvalue weighted by atomic mass is 16.6. The molecule has 220 valence electrons. The minimum absolute atomic E-state index is 0.180. The largest absolute Gasteiger partial charge is 0.449 e. The highest BCUT2D eigenvalue weighted by Gasteiger charge is 2.47. The molecular formula is C27H41N7O6. The Morgan fingerprint density at radius 3 is 2.60 bits per heavy atom. The van der Waals surface area contributed by atoms with Crippen molar-refractivity contribution in [2.75, 3.05) is 32.0 Å². The third-order valence-corrected chi connectivity index (χ3v) is 8.42. The van der Waals surface area contributed by atoms with Crippen LogP contribution < -0.4 is 11.1 Å². The van der Waals surface area contributed by atoms with E-state index in [1.54, 1.807) is 6.92 Å². The maximum Gasteiger partial charge on any atom is 0.409 e. The number of nitrogens with two attached hydrogens (primary N) is 1. The number of likely N-dealkylation sites (tertiary alicyclic amines) is 1. The van der Waals surface area contributed by atoms with Crippen LogP contribution in [0.2, 0.25) is 0 Å². The van der Waals surface area contributed by atoms with Crippen LogP contribution in [0.4, 0.5) is 10.6 Å². The first kappa shape index (κ1) is 28.5. The number of nitrogens with zero attached hydrogens (tertiary/aromatic N) is 5. The molecule has 4 atom stereocenters. The lowest BCUT2D eigenvalue weighted by molar-refractivity contribution is -0.137. The lowest BCUT2D eigenvalue weighted by atomic mass is 9.91. The number of nitrogen functional groups attached to an aromatic ring is 1. The Bertz CT molecular complexity index is 1180. The quantitative estimate of drug-likeness (QED) is 0.352. The van der Waals surface area contributed by atoms with Crippen molar-refractivity contribution >= 4 is 29.0 Å². The van der Waals surface area contributed by atoms with Crippen molar-refractivity contribution in [2.24, 2.45) is 11.8 Å². The molecule has 5 N–H and O–H groups in total. The Labute approximate surface area is 233 Å². The van der Waals surface area contributed by atoms with Crippen LogP contribution in [0.25, 0.3) is 11.2 Å². The summed E-state index contributed by atoms with van der Waals surface area (Å²) < 4.78 is 12.8. The third kappa shape index (κ3) is 6.16. The van der Waals surface area contributed by atoms with Crippen molar-refractivity contribution < 1.29 is 29.3 Å². The van der Waals surface area contributed by atoms with Crippen LogP contribution in [0.5, 0.6) is 0 Å². The summed E-state index contributed by atoms with van der Waals surface area (Å²) in [6.45, 7) is 4.12. The van der Waals surface area contributed by atoms with E-state index in [2.05, 4.69) is 20.3 Å². The van der Waals surface area contributed by atoms with E-state index in [9.17, 15) is 19.8 Å². The zero-order valence-electron chi connectivity index (χ0n) is 23.1. The summed E-state index contributed by atoms with van der Waals surface area (Å²) >= 11 is 0. The van der Waals surface area contributed by atoms with Crippen molar-refractivity contribution in [3.05, 3.63) is 12.2 Å². The molecule has 2 amide bonds.